The van der Waals surface area contributed by atoms with E-state index in [9.17, 15) is 4.79 Å². The van der Waals surface area contributed by atoms with Crippen LogP contribution in [0.2, 0.25) is 2.82 Å². The van der Waals surface area contributed by atoms with Gasteiger partial charge in [0.2, 0.25) is 12.0 Å². The third-order valence-electron chi connectivity index (χ3n) is 5.31. The molecule has 0 aliphatic carbocycles. The smallest absolute Gasteiger partial charge is 0.267 e. The maximum absolute atomic E-state index is 13.4. The lowest BCUT2D eigenvalue weighted by atomic mass is 10.2. The number of fused-ring (bicyclic) bond motifs is 2. The molecule has 5 rings (SSSR count). The minimum absolute atomic E-state index is 0.00202. The van der Waals surface area contributed by atoms with Gasteiger partial charge in [-0.15, -0.1) is 0 Å². The van der Waals surface area contributed by atoms with Crippen LogP contribution >= 0.6 is 0 Å². The van der Waals surface area contributed by atoms with E-state index in [0.717, 1.165) is 12.1 Å². The second-order valence-electron chi connectivity index (χ2n) is 7.23. The van der Waals surface area contributed by atoms with Crippen LogP contribution in [0.5, 0.6) is 23.0 Å². The van der Waals surface area contributed by atoms with Crippen LogP contribution in [-0.2, 0) is 4.79 Å². The summed E-state index contributed by atoms with van der Waals surface area (Å²) >= 11 is 0. The summed E-state index contributed by atoms with van der Waals surface area (Å²) in [6.45, 7) is -2.67. The first-order valence-electron chi connectivity index (χ1n) is 15.3. The third kappa shape index (κ3) is 3.88. The second-order valence-corrected chi connectivity index (χ2v) is 7.23. The number of nitrogen functional groups attached to an aromatic ring is 1. The van der Waals surface area contributed by atoms with Gasteiger partial charge in [0.25, 0.3) is 5.91 Å². The largest absolute Gasteiger partial charge is 0.493 e. The molecule has 1 amide bonds. The molecule has 1 saturated heterocycles. The van der Waals surface area contributed by atoms with E-state index in [-0.39, 0.29) is 66.1 Å². The van der Waals surface area contributed by atoms with E-state index in [0.29, 0.717) is 0 Å². The molecule has 2 aromatic carbocycles. The highest BCUT2D eigenvalue weighted by Gasteiger charge is 2.33. The number of amides is 1. The van der Waals surface area contributed by atoms with E-state index in [4.69, 9.17) is 34.1 Å². The normalized spacial score (nSPS) is 27.0. The van der Waals surface area contributed by atoms with Gasteiger partial charge in [0.1, 0.15) is 12.4 Å². The number of aromatic nitrogens is 2. The highest BCUT2D eigenvalue weighted by atomic mass is 16.6. The summed E-state index contributed by atoms with van der Waals surface area (Å²) in [5.74, 6) is -2.10. The molecule has 3 heterocycles. The molecule has 0 spiro atoms. The lowest BCUT2D eigenvalue weighted by Crippen LogP contribution is -2.54. The van der Waals surface area contributed by atoms with E-state index >= 15 is 0 Å². The number of methoxy groups -OCH3 is 2. The lowest BCUT2D eigenvalue weighted by molar-refractivity contribution is -0.141. The molecule has 2 aliphatic rings. The van der Waals surface area contributed by atoms with Crippen LogP contribution in [0.3, 0.4) is 0 Å². The zero-order valence-electron chi connectivity index (χ0n) is 28.1. The van der Waals surface area contributed by atoms with Gasteiger partial charge < -0.3 is 34.5 Å². The Morgan fingerprint density at radius 2 is 1.94 bits per heavy atom. The average Bonchev–Trinajstić information content (AvgIpc) is 2.91. The van der Waals surface area contributed by atoms with Crippen LogP contribution in [0.1, 0.15) is 12.3 Å². The lowest BCUT2D eigenvalue weighted by Gasteiger charge is -2.37. The Morgan fingerprint density at radius 3 is 2.70 bits per heavy atom. The van der Waals surface area contributed by atoms with Crippen LogP contribution in [0.4, 0.5) is 11.8 Å². The first-order valence-corrected chi connectivity index (χ1v) is 9.90. The van der Waals surface area contributed by atoms with Crippen LogP contribution in [0.15, 0.2) is 36.4 Å². The zero-order valence-corrected chi connectivity index (χ0v) is 17.1. The van der Waals surface area contributed by atoms with Crippen LogP contribution < -0.4 is 29.6 Å². The van der Waals surface area contributed by atoms with E-state index in [2.05, 4.69) is 9.97 Å². The second kappa shape index (κ2) is 8.53. The maximum atomic E-state index is 13.4. The first-order chi connectivity index (χ1) is 20.4. The molecule has 3 aromatic rings. The Labute approximate surface area is 206 Å². The predicted octanol–water partition coefficient (Wildman–Crippen LogP) is 1.72. The number of para-hydroxylation sites is 2. The van der Waals surface area contributed by atoms with Crippen LogP contribution in [-0.4, -0.2) is 73.7 Å². The van der Waals surface area contributed by atoms with E-state index in [1.54, 1.807) is 17.0 Å². The van der Waals surface area contributed by atoms with Crippen molar-refractivity contribution in [3.63, 3.8) is 0 Å². The number of ether oxygens (including phenoxy) is 4. The molecule has 33 heavy (non-hydrogen) atoms. The monoisotopic (exact) mass is 462 g/mol. The highest BCUT2D eigenvalue weighted by molar-refractivity contribution is 5.91. The number of rotatable bonds is 5. The SMILES string of the molecule is [2H]N([2H])c1nc(N2CCN(C(=O)C3([2H])Oc4ccccc4OC3([2H])[2H])CC2)nc2cc(OC([2H])([2H])[2H])c(OC([2H])([2H])[2H])cc12. The Hall–Kier alpha value is -3.95. The number of anilines is 2. The standard InChI is InChI=1S/C23H25N5O5/c1-30-18-11-14-15(12-19(18)31-2)25-23(26-21(14)24)28-9-7-27(8-10-28)22(29)20-13-32-16-5-3-4-6-17(16)33-20/h3-6,11-12,20H,7-10,13H2,1-2H3,(H2,24,25,26)/i1D3,2D3,13D2,20D/hD2. The number of carbonyl (C=O) groups is 1. The maximum Gasteiger partial charge on any atom is 0.267 e. The summed E-state index contributed by atoms with van der Waals surface area (Å²) in [6, 6.07) is 8.29. The molecule has 0 radical (unpaired) electrons. The van der Waals surface area contributed by atoms with Crippen molar-refractivity contribution in [2.24, 2.45) is 0 Å². The van der Waals surface area contributed by atoms with Crippen molar-refractivity contribution in [2.45, 2.75) is 6.08 Å². The number of hydrogen-bond acceptors (Lipinski definition) is 9. The molecule has 1 atom stereocenters. The molecule has 1 fully saturated rings. The van der Waals surface area contributed by atoms with Crippen molar-refractivity contribution >= 4 is 28.6 Å². The van der Waals surface area contributed by atoms with Crippen molar-refractivity contribution < 1.29 is 38.9 Å². The van der Waals surface area contributed by atoms with Crippen molar-refractivity contribution in [3.05, 3.63) is 36.4 Å². The number of carbonyl (C=O) groups excluding carboxylic acids is 1. The Balaban J connectivity index is 1.42. The molecule has 10 nitrogen and oxygen atoms in total. The van der Waals surface area contributed by atoms with Gasteiger partial charge in [-0.05, 0) is 18.2 Å². The van der Waals surface area contributed by atoms with Crippen LogP contribution in [0.25, 0.3) is 10.9 Å². The minimum Gasteiger partial charge on any atom is -0.493 e. The number of piperazine rings is 1. The number of nitrogens with zero attached hydrogens (tertiary/aromatic N) is 4. The van der Waals surface area contributed by atoms with Gasteiger partial charge in [-0.25, -0.2) is 4.98 Å². The van der Waals surface area contributed by atoms with Gasteiger partial charge in [0.05, 0.1) is 31.9 Å². The number of nitrogens with two attached hydrogens (primary N) is 1. The quantitative estimate of drug-likeness (QED) is 0.605. The summed E-state index contributed by atoms with van der Waals surface area (Å²) in [5, 5.41) is -0.00202. The summed E-state index contributed by atoms with van der Waals surface area (Å²) < 4.78 is 106. The molecule has 2 N–H and O–H groups in total. The fourth-order valence-corrected chi connectivity index (χ4v) is 3.60. The fraction of sp³-hybridized carbons (Fsp3) is 0.348. The van der Waals surface area contributed by atoms with E-state index in [1.807, 2.05) is 0 Å². The molecular weight excluding hydrogens is 426 g/mol. The van der Waals surface area contributed by atoms with Crippen molar-refractivity contribution in [1.29, 1.82) is 0 Å². The topological polar surface area (TPSA) is 112 Å². The molecule has 172 valence electrons. The number of benzene rings is 2. The van der Waals surface area contributed by atoms with Gasteiger partial charge in [-0.1, -0.05) is 12.1 Å². The predicted molar refractivity (Wildman–Crippen MR) is 122 cm³/mol. The van der Waals surface area contributed by atoms with Gasteiger partial charge in [-0.2, -0.15) is 4.98 Å². The van der Waals surface area contributed by atoms with Gasteiger partial charge in [-0.3, -0.25) is 4.79 Å². The Kier molecular flexibility index (Phi) is 3.05. The van der Waals surface area contributed by atoms with Gasteiger partial charge in [0.15, 0.2) is 25.8 Å². The Bertz CT molecular complexity index is 1580. The first kappa shape index (κ1) is 11.8. The van der Waals surface area contributed by atoms with Crippen molar-refractivity contribution in [2.75, 3.05) is 57.4 Å². The molecule has 2 aliphatic heterocycles. The molecule has 10 heteroatoms. The average molecular weight is 463 g/mol. The highest BCUT2D eigenvalue weighted by Crippen LogP contribution is 2.34. The van der Waals surface area contributed by atoms with E-state index in [1.165, 1.54) is 17.0 Å². The Morgan fingerprint density at radius 1 is 1.18 bits per heavy atom. The zero-order chi connectivity index (χ0) is 32.2. The molecule has 0 saturated carbocycles. The summed E-state index contributed by atoms with van der Waals surface area (Å²) in [5.41, 5.74) is 0.177. The van der Waals surface area contributed by atoms with Gasteiger partial charge >= 0.3 is 0 Å². The molecular formula is C23H25N5O5. The third-order valence-corrected chi connectivity index (χ3v) is 5.31. The van der Waals surface area contributed by atoms with Crippen molar-refractivity contribution in [1.82, 2.24) is 14.9 Å². The minimum atomic E-state index is -2.98. The number of hydrogen-bond donors (Lipinski definition) is 1. The fourth-order valence-electron chi connectivity index (χ4n) is 3.60. The summed E-state index contributed by atoms with van der Waals surface area (Å²) in [6.07, 6.45) is -2.74. The molecule has 1 aromatic heterocycles. The van der Waals surface area contributed by atoms with Crippen molar-refractivity contribution in [3.8, 4) is 23.0 Å². The molecule has 0 bridgehead atoms. The van der Waals surface area contributed by atoms with Gasteiger partial charge in [0, 0.05) is 37.6 Å². The summed E-state index contributed by atoms with van der Waals surface area (Å²) in [7, 11) is -5.95. The molecule has 1 unspecified atom stereocenters. The van der Waals surface area contributed by atoms with Crippen LogP contribution in [0, 0.1) is 0 Å². The summed E-state index contributed by atoms with van der Waals surface area (Å²) in [4.78, 5) is 24.9. The van der Waals surface area contributed by atoms with E-state index < -0.39 is 44.1 Å².